The number of ether oxygens (including phenoxy) is 2. The third kappa shape index (κ3) is 2.97. The zero-order chi connectivity index (χ0) is 13.1. The number of nitrogens with one attached hydrogen (secondary N) is 1. The van der Waals surface area contributed by atoms with Gasteiger partial charge in [0.25, 0.3) is 0 Å². The SMILES string of the molecule is CCN(C1CCC2(CC1)OCCO2)C1CCCNC1. The van der Waals surface area contributed by atoms with E-state index >= 15 is 0 Å². The Hall–Kier alpha value is -0.160. The summed E-state index contributed by atoms with van der Waals surface area (Å²) < 4.78 is 11.7. The fourth-order valence-corrected chi connectivity index (χ4v) is 4.09. The van der Waals surface area contributed by atoms with Crippen molar-refractivity contribution in [1.29, 1.82) is 0 Å². The Balaban J connectivity index is 1.56. The maximum absolute atomic E-state index is 5.84. The Bertz CT molecular complexity index is 276. The van der Waals surface area contributed by atoms with E-state index in [1.54, 1.807) is 0 Å². The number of hydrogen-bond donors (Lipinski definition) is 1. The summed E-state index contributed by atoms with van der Waals surface area (Å²) in [7, 11) is 0. The van der Waals surface area contributed by atoms with Crippen molar-refractivity contribution in [2.75, 3.05) is 32.8 Å². The van der Waals surface area contributed by atoms with Crippen LogP contribution in [0.4, 0.5) is 0 Å². The minimum Gasteiger partial charge on any atom is -0.348 e. The van der Waals surface area contributed by atoms with Gasteiger partial charge in [-0.3, -0.25) is 4.90 Å². The summed E-state index contributed by atoms with van der Waals surface area (Å²) >= 11 is 0. The van der Waals surface area contributed by atoms with E-state index < -0.39 is 0 Å². The van der Waals surface area contributed by atoms with Gasteiger partial charge in [-0.25, -0.2) is 0 Å². The van der Waals surface area contributed by atoms with Gasteiger partial charge in [-0.15, -0.1) is 0 Å². The van der Waals surface area contributed by atoms with Crippen LogP contribution < -0.4 is 5.32 Å². The molecular formula is C15H28N2O2. The van der Waals surface area contributed by atoms with Gasteiger partial charge in [0.2, 0.25) is 0 Å². The van der Waals surface area contributed by atoms with Gasteiger partial charge in [-0.2, -0.15) is 0 Å². The summed E-state index contributed by atoms with van der Waals surface area (Å²) in [6.07, 6.45) is 7.29. The lowest BCUT2D eigenvalue weighted by atomic mass is 9.87. The molecule has 2 saturated heterocycles. The number of hydrogen-bond acceptors (Lipinski definition) is 4. The average Bonchev–Trinajstić information content (AvgIpc) is 2.92. The molecule has 4 nitrogen and oxygen atoms in total. The smallest absolute Gasteiger partial charge is 0.168 e. The maximum Gasteiger partial charge on any atom is 0.168 e. The van der Waals surface area contributed by atoms with Crippen LogP contribution in [0.5, 0.6) is 0 Å². The molecule has 3 rings (SSSR count). The number of piperidine rings is 1. The molecule has 0 aromatic carbocycles. The molecule has 0 amide bonds. The summed E-state index contributed by atoms with van der Waals surface area (Å²) in [6, 6.07) is 1.47. The van der Waals surface area contributed by atoms with Crippen molar-refractivity contribution in [3.8, 4) is 0 Å². The van der Waals surface area contributed by atoms with Crippen molar-refractivity contribution in [2.24, 2.45) is 0 Å². The molecule has 1 spiro atoms. The first-order chi connectivity index (χ1) is 9.33. The molecule has 2 aliphatic heterocycles. The average molecular weight is 268 g/mol. The lowest BCUT2D eigenvalue weighted by molar-refractivity contribution is -0.185. The van der Waals surface area contributed by atoms with Crippen LogP contribution in [-0.4, -0.2) is 55.6 Å². The molecule has 1 aliphatic carbocycles. The van der Waals surface area contributed by atoms with Gasteiger partial charge >= 0.3 is 0 Å². The molecule has 2 heterocycles. The molecule has 1 N–H and O–H groups in total. The van der Waals surface area contributed by atoms with Crippen LogP contribution in [0.15, 0.2) is 0 Å². The second-order valence-electron chi connectivity index (χ2n) is 6.17. The molecule has 3 aliphatic rings. The second kappa shape index (κ2) is 6.08. The normalized spacial score (nSPS) is 32.2. The van der Waals surface area contributed by atoms with Gasteiger partial charge in [0.05, 0.1) is 13.2 Å². The van der Waals surface area contributed by atoms with Gasteiger partial charge in [0.15, 0.2) is 5.79 Å². The van der Waals surface area contributed by atoms with E-state index in [0.29, 0.717) is 0 Å². The molecule has 1 atom stereocenters. The first-order valence-electron chi connectivity index (χ1n) is 8.07. The fourth-order valence-electron chi connectivity index (χ4n) is 4.09. The van der Waals surface area contributed by atoms with Gasteiger partial charge < -0.3 is 14.8 Å². The molecule has 110 valence electrons. The summed E-state index contributed by atoms with van der Waals surface area (Å²) in [5, 5.41) is 3.55. The number of rotatable bonds is 3. The third-order valence-electron chi connectivity index (χ3n) is 5.10. The van der Waals surface area contributed by atoms with Crippen LogP contribution in [0.25, 0.3) is 0 Å². The van der Waals surface area contributed by atoms with Gasteiger partial charge in [-0.05, 0) is 38.8 Å². The van der Waals surface area contributed by atoms with E-state index in [2.05, 4.69) is 17.1 Å². The summed E-state index contributed by atoms with van der Waals surface area (Å²) in [6.45, 7) is 7.42. The zero-order valence-electron chi connectivity index (χ0n) is 12.2. The van der Waals surface area contributed by atoms with Crippen LogP contribution in [0.2, 0.25) is 0 Å². The molecule has 3 fully saturated rings. The Morgan fingerprint density at radius 1 is 1.11 bits per heavy atom. The van der Waals surface area contributed by atoms with E-state index in [-0.39, 0.29) is 5.79 Å². The molecule has 19 heavy (non-hydrogen) atoms. The molecular weight excluding hydrogens is 240 g/mol. The summed E-state index contributed by atoms with van der Waals surface area (Å²) in [5.41, 5.74) is 0. The highest BCUT2D eigenvalue weighted by atomic mass is 16.7. The van der Waals surface area contributed by atoms with Crippen molar-refractivity contribution in [1.82, 2.24) is 10.2 Å². The Kier molecular flexibility index (Phi) is 4.42. The van der Waals surface area contributed by atoms with E-state index in [0.717, 1.165) is 38.1 Å². The van der Waals surface area contributed by atoms with E-state index in [1.807, 2.05) is 0 Å². The van der Waals surface area contributed by atoms with Crippen LogP contribution in [-0.2, 0) is 9.47 Å². The topological polar surface area (TPSA) is 33.7 Å². The Morgan fingerprint density at radius 3 is 2.42 bits per heavy atom. The van der Waals surface area contributed by atoms with Crippen LogP contribution in [0.1, 0.15) is 45.4 Å². The lowest BCUT2D eigenvalue weighted by Gasteiger charge is -2.44. The largest absolute Gasteiger partial charge is 0.348 e. The lowest BCUT2D eigenvalue weighted by Crippen LogP contribution is -2.52. The fraction of sp³-hybridized carbons (Fsp3) is 1.00. The Morgan fingerprint density at radius 2 is 1.84 bits per heavy atom. The van der Waals surface area contributed by atoms with E-state index in [9.17, 15) is 0 Å². The monoisotopic (exact) mass is 268 g/mol. The van der Waals surface area contributed by atoms with E-state index in [1.165, 1.54) is 45.3 Å². The number of nitrogens with zero attached hydrogens (tertiary/aromatic N) is 1. The molecule has 0 aromatic rings. The summed E-state index contributed by atoms with van der Waals surface area (Å²) in [5.74, 6) is -0.208. The second-order valence-corrected chi connectivity index (χ2v) is 6.17. The van der Waals surface area contributed by atoms with Crippen molar-refractivity contribution in [3.63, 3.8) is 0 Å². The zero-order valence-corrected chi connectivity index (χ0v) is 12.2. The first-order valence-corrected chi connectivity index (χ1v) is 8.07. The molecule has 1 unspecified atom stereocenters. The van der Waals surface area contributed by atoms with Crippen molar-refractivity contribution in [3.05, 3.63) is 0 Å². The predicted octanol–water partition coefficient (Wildman–Crippen LogP) is 1.75. The highest BCUT2D eigenvalue weighted by Gasteiger charge is 2.42. The van der Waals surface area contributed by atoms with E-state index in [4.69, 9.17) is 9.47 Å². The van der Waals surface area contributed by atoms with Gasteiger partial charge in [0, 0.05) is 31.5 Å². The van der Waals surface area contributed by atoms with Crippen molar-refractivity contribution in [2.45, 2.75) is 63.3 Å². The number of likely N-dealkylation sites (N-methyl/N-ethyl adjacent to an activating group) is 1. The molecule has 4 heteroatoms. The summed E-state index contributed by atoms with van der Waals surface area (Å²) in [4.78, 5) is 2.73. The van der Waals surface area contributed by atoms with Crippen molar-refractivity contribution >= 4 is 0 Å². The van der Waals surface area contributed by atoms with Gasteiger partial charge in [-0.1, -0.05) is 6.92 Å². The molecule has 0 bridgehead atoms. The Labute approximate surface area is 116 Å². The predicted molar refractivity (Wildman–Crippen MR) is 75.2 cm³/mol. The highest BCUT2D eigenvalue weighted by molar-refractivity contribution is 4.90. The third-order valence-corrected chi connectivity index (χ3v) is 5.10. The van der Waals surface area contributed by atoms with Crippen LogP contribution >= 0.6 is 0 Å². The van der Waals surface area contributed by atoms with Crippen LogP contribution in [0.3, 0.4) is 0 Å². The first kappa shape index (κ1) is 13.8. The van der Waals surface area contributed by atoms with Crippen LogP contribution in [0, 0.1) is 0 Å². The minimum atomic E-state index is -0.208. The standard InChI is InChI=1S/C15H28N2O2/c1-2-17(14-4-3-9-16-12-14)13-5-7-15(8-6-13)18-10-11-19-15/h13-14,16H,2-12H2,1H3. The molecule has 0 aromatic heterocycles. The highest BCUT2D eigenvalue weighted by Crippen LogP contribution is 2.38. The van der Waals surface area contributed by atoms with Gasteiger partial charge in [0.1, 0.15) is 0 Å². The quantitative estimate of drug-likeness (QED) is 0.845. The van der Waals surface area contributed by atoms with Crippen molar-refractivity contribution < 1.29 is 9.47 Å². The maximum atomic E-state index is 5.84. The minimum absolute atomic E-state index is 0.208. The molecule has 0 radical (unpaired) electrons. The molecule has 1 saturated carbocycles.